The lowest BCUT2D eigenvalue weighted by Crippen LogP contribution is -2.15. The highest BCUT2D eigenvalue weighted by atomic mass is 16.2. The molecule has 2 heterocycles. The zero-order valence-electron chi connectivity index (χ0n) is 11.5. The lowest BCUT2D eigenvalue weighted by Gasteiger charge is -2.20. The fourth-order valence-electron chi connectivity index (χ4n) is 2.72. The van der Waals surface area contributed by atoms with Gasteiger partial charge in [0.15, 0.2) is 5.82 Å². The number of rotatable bonds is 2. The molecule has 22 heavy (non-hydrogen) atoms. The van der Waals surface area contributed by atoms with Gasteiger partial charge in [-0.3, -0.25) is 9.89 Å². The van der Waals surface area contributed by atoms with Crippen LogP contribution in [0.2, 0.25) is 0 Å². The molecule has 1 unspecified atom stereocenters. The largest absolute Gasteiger partial charge is 0.276 e. The average Bonchev–Trinajstić information content (AvgIpc) is 3.09. The normalized spacial score (nSPS) is 16.5. The molecule has 1 N–H and O–H groups in total. The van der Waals surface area contributed by atoms with Gasteiger partial charge in [0.1, 0.15) is 6.33 Å². The van der Waals surface area contributed by atoms with Gasteiger partial charge in [-0.15, -0.1) is 10.2 Å². The number of hydrogen-bond donors (Lipinski definition) is 1. The van der Waals surface area contributed by atoms with Crippen LogP contribution < -0.4 is 0 Å². The molecule has 3 aromatic rings. The zero-order valence-corrected chi connectivity index (χ0v) is 11.5. The number of H-pyrrole nitrogens is 1. The van der Waals surface area contributed by atoms with Gasteiger partial charge in [-0.05, 0) is 17.2 Å². The molecule has 0 fully saturated rings. The summed E-state index contributed by atoms with van der Waals surface area (Å²) < 4.78 is 0. The van der Waals surface area contributed by atoms with Crippen molar-refractivity contribution in [3.63, 3.8) is 0 Å². The molecule has 106 valence electrons. The third-order valence-corrected chi connectivity index (χ3v) is 3.69. The van der Waals surface area contributed by atoms with Crippen LogP contribution in [0.25, 0.3) is 11.4 Å². The summed E-state index contributed by atoms with van der Waals surface area (Å²) in [5, 5.41) is 14.5. The molecular formula is C16H11N5O. The first-order valence-corrected chi connectivity index (χ1v) is 6.84. The highest BCUT2D eigenvalue weighted by molar-refractivity contribution is 5.92. The highest BCUT2D eigenvalue weighted by Crippen LogP contribution is 2.39. The first kappa shape index (κ1) is 12.6. The number of nitrogens with zero attached hydrogens (tertiary/aromatic N) is 4. The molecule has 2 aromatic carbocycles. The summed E-state index contributed by atoms with van der Waals surface area (Å²) in [5.41, 5.74) is 3.26. The molecule has 0 bridgehead atoms. The van der Waals surface area contributed by atoms with Crippen molar-refractivity contribution in [2.45, 2.75) is 5.92 Å². The summed E-state index contributed by atoms with van der Waals surface area (Å²) in [6.45, 7) is 0. The van der Waals surface area contributed by atoms with E-state index in [9.17, 15) is 4.79 Å². The summed E-state index contributed by atoms with van der Waals surface area (Å²) in [4.78, 5) is 16.6. The van der Waals surface area contributed by atoms with Crippen LogP contribution in [0.15, 0.2) is 65.1 Å². The quantitative estimate of drug-likeness (QED) is 0.786. The first-order chi connectivity index (χ1) is 10.8. The minimum absolute atomic E-state index is 0.273. The van der Waals surface area contributed by atoms with Gasteiger partial charge in [-0.25, -0.2) is 4.98 Å². The molecule has 1 aliphatic heterocycles. The van der Waals surface area contributed by atoms with E-state index >= 15 is 0 Å². The molecule has 6 nitrogen and oxygen atoms in total. The number of azo groups is 1. The third-order valence-electron chi connectivity index (χ3n) is 3.69. The second-order valence-corrected chi connectivity index (χ2v) is 4.95. The van der Waals surface area contributed by atoms with Crippen LogP contribution in [0.3, 0.4) is 0 Å². The van der Waals surface area contributed by atoms with Gasteiger partial charge in [0.2, 0.25) is 0 Å². The molecule has 0 spiro atoms. The second-order valence-electron chi connectivity index (χ2n) is 4.95. The minimum atomic E-state index is -0.477. The number of nitrogens with one attached hydrogen (secondary N) is 1. The lowest BCUT2D eigenvalue weighted by atomic mass is 9.86. The highest BCUT2D eigenvalue weighted by Gasteiger charge is 2.30. The number of fused-ring (bicyclic) bond motifs is 1. The fourth-order valence-corrected chi connectivity index (χ4v) is 2.72. The predicted molar refractivity (Wildman–Crippen MR) is 79.6 cm³/mol. The number of carbonyl (C=O) groups is 1. The van der Waals surface area contributed by atoms with E-state index in [4.69, 9.17) is 0 Å². The van der Waals surface area contributed by atoms with Crippen LogP contribution in [-0.4, -0.2) is 21.1 Å². The Morgan fingerprint density at radius 1 is 0.909 bits per heavy atom. The monoisotopic (exact) mass is 289 g/mol. The molecule has 1 aliphatic rings. The van der Waals surface area contributed by atoms with Crippen LogP contribution in [-0.2, 0) is 4.79 Å². The number of benzene rings is 2. The first-order valence-electron chi connectivity index (χ1n) is 6.84. The smallest absolute Gasteiger partial charge is 0.270 e. The van der Waals surface area contributed by atoms with Gasteiger partial charge < -0.3 is 0 Å². The summed E-state index contributed by atoms with van der Waals surface area (Å²) >= 11 is 0. The van der Waals surface area contributed by atoms with Gasteiger partial charge in [-0.1, -0.05) is 42.5 Å². The van der Waals surface area contributed by atoms with Crippen molar-refractivity contribution in [3.8, 4) is 11.4 Å². The van der Waals surface area contributed by atoms with Gasteiger partial charge in [0, 0.05) is 5.56 Å². The Morgan fingerprint density at radius 2 is 1.68 bits per heavy atom. The number of aromatic nitrogens is 3. The number of aromatic amines is 1. The van der Waals surface area contributed by atoms with E-state index in [0.29, 0.717) is 5.82 Å². The van der Waals surface area contributed by atoms with Gasteiger partial charge >= 0.3 is 0 Å². The molecule has 1 aromatic heterocycles. The van der Waals surface area contributed by atoms with Gasteiger partial charge in [-0.2, -0.15) is 5.10 Å². The van der Waals surface area contributed by atoms with E-state index in [-0.39, 0.29) is 5.91 Å². The Labute approximate surface area is 125 Å². The van der Waals surface area contributed by atoms with E-state index in [0.717, 1.165) is 22.4 Å². The molecule has 1 amide bonds. The maximum atomic E-state index is 12.4. The van der Waals surface area contributed by atoms with Gasteiger partial charge in [0.05, 0.1) is 11.6 Å². The van der Waals surface area contributed by atoms with E-state index in [1.165, 1.54) is 6.33 Å². The molecular weight excluding hydrogens is 278 g/mol. The predicted octanol–water partition coefficient (Wildman–Crippen LogP) is 3.23. The van der Waals surface area contributed by atoms with Crippen molar-refractivity contribution < 1.29 is 4.79 Å². The van der Waals surface area contributed by atoms with Crippen LogP contribution in [0.4, 0.5) is 5.69 Å². The van der Waals surface area contributed by atoms with E-state index in [1.54, 1.807) is 0 Å². The molecule has 4 rings (SSSR count). The topological polar surface area (TPSA) is 83.4 Å². The van der Waals surface area contributed by atoms with Crippen molar-refractivity contribution in [2.24, 2.45) is 10.2 Å². The molecule has 0 saturated carbocycles. The summed E-state index contributed by atoms with van der Waals surface area (Å²) in [6, 6.07) is 15.2. The molecule has 1 atom stereocenters. The zero-order chi connectivity index (χ0) is 14.9. The second kappa shape index (κ2) is 5.00. The van der Waals surface area contributed by atoms with E-state index < -0.39 is 5.92 Å². The van der Waals surface area contributed by atoms with Crippen molar-refractivity contribution in [3.05, 3.63) is 66.0 Å². The number of carbonyl (C=O) groups excluding carboxylic acids is 1. The standard InChI is InChI=1S/C16H11N5O/c22-16-14(12-7-3-4-8-13(12)19-21-16)10-5-1-2-6-11(10)15-17-9-18-20-15/h1-9,14H,(H,17,18,20). The Balaban J connectivity index is 1.93. The SMILES string of the molecule is O=C1N=Nc2ccccc2C1c1ccccc1-c1ncn[nH]1. The maximum absolute atomic E-state index is 12.4. The maximum Gasteiger partial charge on any atom is 0.276 e. The third kappa shape index (κ3) is 1.93. The average molecular weight is 289 g/mol. The number of hydrogen-bond acceptors (Lipinski definition) is 4. The molecule has 0 radical (unpaired) electrons. The molecule has 0 saturated heterocycles. The Bertz CT molecular complexity index is 870. The van der Waals surface area contributed by atoms with Crippen molar-refractivity contribution in [2.75, 3.05) is 0 Å². The fraction of sp³-hybridized carbons (Fsp3) is 0.0625. The van der Waals surface area contributed by atoms with E-state index in [2.05, 4.69) is 25.4 Å². The Kier molecular flexibility index (Phi) is 2.86. The van der Waals surface area contributed by atoms with Crippen LogP contribution in [0.1, 0.15) is 17.0 Å². The molecule has 6 heteroatoms. The van der Waals surface area contributed by atoms with Crippen LogP contribution >= 0.6 is 0 Å². The Hall–Kier alpha value is -3.15. The van der Waals surface area contributed by atoms with Crippen molar-refractivity contribution >= 4 is 11.6 Å². The summed E-state index contributed by atoms with van der Waals surface area (Å²) in [6.07, 6.45) is 1.45. The Morgan fingerprint density at radius 3 is 2.50 bits per heavy atom. The molecule has 0 aliphatic carbocycles. The van der Waals surface area contributed by atoms with Gasteiger partial charge in [0.25, 0.3) is 5.91 Å². The van der Waals surface area contributed by atoms with Crippen LogP contribution in [0, 0.1) is 0 Å². The summed E-state index contributed by atoms with van der Waals surface area (Å²) in [5.74, 6) is -0.121. The van der Waals surface area contributed by atoms with Crippen LogP contribution in [0.5, 0.6) is 0 Å². The number of amides is 1. The minimum Gasteiger partial charge on any atom is -0.270 e. The van der Waals surface area contributed by atoms with Crippen molar-refractivity contribution in [1.29, 1.82) is 0 Å². The summed E-state index contributed by atoms with van der Waals surface area (Å²) in [7, 11) is 0. The van der Waals surface area contributed by atoms with Crippen molar-refractivity contribution in [1.82, 2.24) is 15.2 Å². The van der Waals surface area contributed by atoms with E-state index in [1.807, 2.05) is 48.5 Å². The lowest BCUT2D eigenvalue weighted by molar-refractivity contribution is -0.119.